The van der Waals surface area contributed by atoms with Crippen molar-refractivity contribution in [2.24, 2.45) is 0 Å². The van der Waals surface area contributed by atoms with E-state index in [1.807, 2.05) is 0 Å². The van der Waals surface area contributed by atoms with E-state index in [2.05, 4.69) is 15.5 Å². The zero-order chi connectivity index (χ0) is 19.7. The fourth-order valence-corrected chi connectivity index (χ4v) is 3.97. The Kier molecular flexibility index (Phi) is 4.70. The van der Waals surface area contributed by atoms with Crippen LogP contribution < -0.4 is 10.2 Å². The minimum absolute atomic E-state index is 0.212. The van der Waals surface area contributed by atoms with E-state index in [1.54, 1.807) is 31.2 Å². The molecule has 2 aromatic rings. The van der Waals surface area contributed by atoms with Gasteiger partial charge < -0.3 is 9.84 Å². The second-order valence-corrected chi connectivity index (χ2v) is 7.40. The number of hydrogen-bond acceptors (Lipinski definition) is 6. The van der Waals surface area contributed by atoms with Crippen LogP contribution in [0.25, 0.3) is 0 Å². The first kappa shape index (κ1) is 18.3. The molecule has 0 radical (unpaired) electrons. The van der Waals surface area contributed by atoms with E-state index in [-0.39, 0.29) is 30.6 Å². The summed E-state index contributed by atoms with van der Waals surface area (Å²) < 4.78 is 5.14. The molecule has 146 valence electrons. The zero-order valence-electron chi connectivity index (χ0n) is 15.7. The monoisotopic (exact) mass is 382 g/mol. The lowest BCUT2D eigenvalue weighted by molar-refractivity contribution is -0.121. The van der Waals surface area contributed by atoms with Crippen molar-refractivity contribution in [3.8, 4) is 0 Å². The van der Waals surface area contributed by atoms with Crippen LogP contribution in [0.5, 0.6) is 0 Å². The highest BCUT2D eigenvalue weighted by molar-refractivity contribution is 6.19. The highest BCUT2D eigenvalue weighted by Crippen LogP contribution is 2.36. The standard InChI is InChI=1S/C20H22N4O4/c1-13-21-19(23-28-13)20(11-3-2-4-12-20)22-18(27)14-5-7-15(8-6-14)24-16(25)9-10-17(24)26/h5-8H,2-4,9-12H2,1H3,(H,22,27). The van der Waals surface area contributed by atoms with E-state index in [9.17, 15) is 14.4 Å². The van der Waals surface area contributed by atoms with Gasteiger partial charge in [0, 0.05) is 25.3 Å². The number of imide groups is 1. The molecular formula is C20H22N4O4. The van der Waals surface area contributed by atoms with E-state index >= 15 is 0 Å². The summed E-state index contributed by atoms with van der Waals surface area (Å²) in [6.45, 7) is 1.73. The molecule has 0 unspecified atom stereocenters. The van der Waals surface area contributed by atoms with Gasteiger partial charge in [-0.1, -0.05) is 24.4 Å². The molecule has 1 N–H and O–H groups in total. The Morgan fingerprint density at radius 3 is 2.29 bits per heavy atom. The SMILES string of the molecule is Cc1nc(C2(NC(=O)c3ccc(N4C(=O)CCC4=O)cc3)CCCCC2)no1. The molecule has 0 spiro atoms. The van der Waals surface area contributed by atoms with Crippen LogP contribution in [0, 0.1) is 6.92 Å². The van der Waals surface area contributed by atoms with Crippen LogP contribution in [0.1, 0.15) is 67.0 Å². The summed E-state index contributed by atoms with van der Waals surface area (Å²) in [6.07, 6.45) is 5.04. The molecule has 2 heterocycles. The molecule has 1 aliphatic carbocycles. The third-order valence-corrected chi connectivity index (χ3v) is 5.45. The summed E-state index contributed by atoms with van der Waals surface area (Å²) in [5.74, 6) is 0.322. The molecule has 0 atom stereocenters. The topological polar surface area (TPSA) is 105 Å². The lowest BCUT2D eigenvalue weighted by Crippen LogP contribution is -2.48. The lowest BCUT2D eigenvalue weighted by Gasteiger charge is -2.35. The first-order chi connectivity index (χ1) is 13.5. The van der Waals surface area contributed by atoms with Crippen molar-refractivity contribution < 1.29 is 18.9 Å². The first-order valence-corrected chi connectivity index (χ1v) is 9.58. The molecule has 2 aliphatic rings. The zero-order valence-corrected chi connectivity index (χ0v) is 15.7. The van der Waals surface area contributed by atoms with Crippen molar-refractivity contribution in [2.45, 2.75) is 57.4 Å². The Hall–Kier alpha value is -3.03. The van der Waals surface area contributed by atoms with Crippen LogP contribution in [0.2, 0.25) is 0 Å². The van der Waals surface area contributed by atoms with Gasteiger partial charge in [0.25, 0.3) is 5.91 Å². The van der Waals surface area contributed by atoms with Crippen LogP contribution >= 0.6 is 0 Å². The smallest absolute Gasteiger partial charge is 0.252 e. The first-order valence-electron chi connectivity index (χ1n) is 9.58. The Balaban J connectivity index is 1.55. The van der Waals surface area contributed by atoms with Crippen molar-refractivity contribution in [1.82, 2.24) is 15.5 Å². The second-order valence-electron chi connectivity index (χ2n) is 7.40. The van der Waals surface area contributed by atoms with E-state index in [4.69, 9.17) is 4.52 Å². The normalized spacial score (nSPS) is 19.1. The number of aromatic nitrogens is 2. The van der Waals surface area contributed by atoms with E-state index in [0.29, 0.717) is 23.0 Å². The maximum absolute atomic E-state index is 12.9. The third-order valence-electron chi connectivity index (χ3n) is 5.45. The van der Waals surface area contributed by atoms with E-state index in [0.717, 1.165) is 32.1 Å². The quantitative estimate of drug-likeness (QED) is 0.815. The number of benzene rings is 1. The number of nitrogens with one attached hydrogen (secondary N) is 1. The van der Waals surface area contributed by atoms with Crippen molar-refractivity contribution in [1.29, 1.82) is 0 Å². The predicted octanol–water partition coefficient (Wildman–Crippen LogP) is 2.62. The van der Waals surface area contributed by atoms with Gasteiger partial charge in [-0.2, -0.15) is 4.98 Å². The van der Waals surface area contributed by atoms with Crippen LogP contribution in [-0.2, 0) is 15.1 Å². The average Bonchev–Trinajstić information content (AvgIpc) is 3.28. The van der Waals surface area contributed by atoms with Gasteiger partial charge in [0.05, 0.1) is 5.69 Å². The summed E-state index contributed by atoms with van der Waals surface area (Å²) in [7, 11) is 0. The minimum atomic E-state index is -0.632. The summed E-state index contributed by atoms with van der Waals surface area (Å²) in [5.41, 5.74) is 0.311. The van der Waals surface area contributed by atoms with Crippen LogP contribution in [0.3, 0.4) is 0 Å². The van der Waals surface area contributed by atoms with Gasteiger partial charge in [-0.15, -0.1) is 0 Å². The number of rotatable bonds is 4. The fraction of sp³-hybridized carbons (Fsp3) is 0.450. The Morgan fingerprint density at radius 2 is 1.71 bits per heavy atom. The minimum Gasteiger partial charge on any atom is -0.340 e. The van der Waals surface area contributed by atoms with Crippen molar-refractivity contribution >= 4 is 23.4 Å². The van der Waals surface area contributed by atoms with E-state index < -0.39 is 5.54 Å². The van der Waals surface area contributed by atoms with Crippen molar-refractivity contribution in [2.75, 3.05) is 4.90 Å². The van der Waals surface area contributed by atoms with Gasteiger partial charge in [0.2, 0.25) is 17.7 Å². The van der Waals surface area contributed by atoms with Gasteiger partial charge >= 0.3 is 0 Å². The summed E-state index contributed by atoms with van der Waals surface area (Å²) in [4.78, 5) is 42.2. The van der Waals surface area contributed by atoms with Crippen molar-refractivity contribution in [3.63, 3.8) is 0 Å². The average molecular weight is 382 g/mol. The highest BCUT2D eigenvalue weighted by Gasteiger charge is 2.40. The molecule has 28 heavy (non-hydrogen) atoms. The molecule has 1 saturated heterocycles. The van der Waals surface area contributed by atoms with Gasteiger partial charge in [-0.3, -0.25) is 19.3 Å². The molecule has 1 aliphatic heterocycles. The van der Waals surface area contributed by atoms with Crippen LogP contribution in [0.15, 0.2) is 28.8 Å². The van der Waals surface area contributed by atoms with Gasteiger partial charge in [0.1, 0.15) is 5.54 Å². The number of carbonyl (C=O) groups excluding carboxylic acids is 3. The third kappa shape index (κ3) is 3.30. The van der Waals surface area contributed by atoms with Gasteiger partial charge in [-0.05, 0) is 37.1 Å². The molecule has 1 aromatic carbocycles. The molecule has 3 amide bonds. The van der Waals surface area contributed by atoms with Crippen molar-refractivity contribution in [3.05, 3.63) is 41.5 Å². The van der Waals surface area contributed by atoms with Crippen LogP contribution in [0.4, 0.5) is 5.69 Å². The molecule has 4 rings (SSSR count). The Morgan fingerprint density at radius 1 is 1.07 bits per heavy atom. The Labute approximate surface area is 162 Å². The second kappa shape index (κ2) is 7.18. The lowest BCUT2D eigenvalue weighted by atomic mass is 9.80. The fourth-order valence-electron chi connectivity index (χ4n) is 3.97. The molecule has 1 saturated carbocycles. The molecule has 2 fully saturated rings. The number of amides is 3. The summed E-state index contributed by atoms with van der Waals surface area (Å²) in [5, 5.41) is 7.17. The number of hydrogen-bond donors (Lipinski definition) is 1. The predicted molar refractivity (Wildman–Crippen MR) is 99.4 cm³/mol. The molecule has 0 bridgehead atoms. The molecule has 1 aromatic heterocycles. The number of anilines is 1. The molecular weight excluding hydrogens is 360 g/mol. The summed E-state index contributed by atoms with van der Waals surface area (Å²) >= 11 is 0. The summed E-state index contributed by atoms with van der Waals surface area (Å²) in [6, 6.07) is 6.51. The number of nitrogens with zero attached hydrogens (tertiary/aromatic N) is 3. The van der Waals surface area contributed by atoms with Gasteiger partial charge in [0.15, 0.2) is 5.82 Å². The molecule has 8 nitrogen and oxygen atoms in total. The maximum Gasteiger partial charge on any atom is 0.252 e. The van der Waals surface area contributed by atoms with Crippen LogP contribution in [-0.4, -0.2) is 27.9 Å². The molecule has 8 heteroatoms. The Bertz CT molecular complexity index is 897. The highest BCUT2D eigenvalue weighted by atomic mass is 16.5. The van der Waals surface area contributed by atoms with E-state index in [1.165, 1.54) is 4.90 Å². The largest absolute Gasteiger partial charge is 0.340 e. The number of aryl methyl sites for hydroxylation is 1. The number of carbonyl (C=O) groups is 3. The maximum atomic E-state index is 12.9. The van der Waals surface area contributed by atoms with Gasteiger partial charge in [-0.25, -0.2) is 0 Å².